The molecule has 0 aromatic heterocycles. The van der Waals surface area contributed by atoms with Crippen molar-refractivity contribution in [3.8, 4) is 0 Å². The van der Waals surface area contributed by atoms with Gasteiger partial charge in [-0.25, -0.2) is 4.79 Å². The molecule has 5 atom stereocenters. The van der Waals surface area contributed by atoms with E-state index in [0.717, 1.165) is 19.3 Å². The molecular formula is C16H24O4. The first-order valence-electron chi connectivity index (χ1n) is 7.48. The first-order valence-corrected chi connectivity index (χ1v) is 7.48. The Morgan fingerprint density at radius 1 is 1.25 bits per heavy atom. The minimum atomic E-state index is -0.717. The number of fused-ring (bicyclic) bond motifs is 1. The number of carbonyl (C=O) groups excluding carboxylic acids is 1. The van der Waals surface area contributed by atoms with Crippen molar-refractivity contribution in [3.05, 3.63) is 24.3 Å². The molecule has 1 saturated carbocycles. The maximum atomic E-state index is 11.6. The lowest BCUT2D eigenvalue weighted by Gasteiger charge is -2.19. The van der Waals surface area contributed by atoms with Crippen LogP contribution in [-0.4, -0.2) is 34.5 Å². The average molecular weight is 280 g/mol. The van der Waals surface area contributed by atoms with Crippen molar-refractivity contribution in [1.82, 2.24) is 0 Å². The van der Waals surface area contributed by atoms with Crippen molar-refractivity contribution >= 4 is 5.97 Å². The van der Waals surface area contributed by atoms with E-state index in [4.69, 9.17) is 4.74 Å². The van der Waals surface area contributed by atoms with Gasteiger partial charge in [0.05, 0.1) is 18.3 Å². The molecule has 0 saturated heterocycles. The Labute approximate surface area is 120 Å². The van der Waals surface area contributed by atoms with E-state index in [1.165, 1.54) is 12.2 Å². The molecule has 0 spiro atoms. The minimum Gasteiger partial charge on any atom is -0.460 e. The lowest BCUT2D eigenvalue weighted by molar-refractivity contribution is -0.142. The monoisotopic (exact) mass is 280 g/mol. The zero-order valence-electron chi connectivity index (χ0n) is 11.9. The molecule has 1 aliphatic heterocycles. The van der Waals surface area contributed by atoms with E-state index in [1.807, 2.05) is 6.92 Å². The summed E-state index contributed by atoms with van der Waals surface area (Å²) in [5.74, 6) is -0.249. The molecule has 2 rings (SSSR count). The molecule has 4 heteroatoms. The summed E-state index contributed by atoms with van der Waals surface area (Å²) in [6, 6.07) is 0. The molecule has 0 amide bonds. The maximum absolute atomic E-state index is 11.6. The molecule has 0 radical (unpaired) electrons. The molecule has 2 aliphatic rings. The Bertz CT molecular complexity index is 388. The predicted octanol–water partition coefficient (Wildman–Crippen LogP) is 1.96. The van der Waals surface area contributed by atoms with Crippen molar-refractivity contribution in [2.75, 3.05) is 0 Å². The Balaban J connectivity index is 2.11. The predicted molar refractivity (Wildman–Crippen MR) is 75.9 cm³/mol. The molecule has 0 aromatic rings. The fourth-order valence-electron chi connectivity index (χ4n) is 3.10. The van der Waals surface area contributed by atoms with Gasteiger partial charge in [0, 0.05) is 6.08 Å². The lowest BCUT2D eigenvalue weighted by atomic mass is 9.90. The number of allylic oxidation sites excluding steroid dienone is 2. The molecule has 0 aromatic carbocycles. The van der Waals surface area contributed by atoms with Crippen LogP contribution in [0.1, 0.15) is 39.0 Å². The van der Waals surface area contributed by atoms with E-state index in [9.17, 15) is 15.0 Å². The van der Waals surface area contributed by atoms with Gasteiger partial charge in [-0.2, -0.15) is 0 Å². The topological polar surface area (TPSA) is 66.8 Å². The van der Waals surface area contributed by atoms with E-state index < -0.39 is 12.1 Å². The number of aliphatic hydroxyl groups excluding tert-OH is 2. The van der Waals surface area contributed by atoms with E-state index in [2.05, 4.69) is 12.2 Å². The van der Waals surface area contributed by atoms with Crippen molar-refractivity contribution in [2.24, 2.45) is 11.8 Å². The third kappa shape index (κ3) is 4.18. The molecule has 112 valence electrons. The van der Waals surface area contributed by atoms with Crippen LogP contribution in [-0.2, 0) is 9.53 Å². The van der Waals surface area contributed by atoms with E-state index in [0.29, 0.717) is 12.8 Å². The quantitative estimate of drug-likeness (QED) is 0.526. The number of hydrogen-bond acceptors (Lipinski definition) is 4. The second-order valence-corrected chi connectivity index (χ2v) is 5.91. The van der Waals surface area contributed by atoms with Gasteiger partial charge in [0.2, 0.25) is 0 Å². The number of hydrogen-bond donors (Lipinski definition) is 2. The van der Waals surface area contributed by atoms with Gasteiger partial charge in [-0.3, -0.25) is 0 Å². The molecule has 1 aliphatic carbocycles. The van der Waals surface area contributed by atoms with Crippen LogP contribution < -0.4 is 0 Å². The molecule has 1 unspecified atom stereocenters. The third-order valence-corrected chi connectivity index (χ3v) is 4.19. The minimum absolute atomic E-state index is 0.0246. The van der Waals surface area contributed by atoms with Gasteiger partial charge in [-0.15, -0.1) is 0 Å². The Hall–Kier alpha value is -1.13. The maximum Gasteiger partial charge on any atom is 0.330 e. The Morgan fingerprint density at radius 2 is 2.05 bits per heavy atom. The summed E-state index contributed by atoms with van der Waals surface area (Å²) in [5, 5.41) is 20.0. The molecule has 4 nitrogen and oxygen atoms in total. The molecular weight excluding hydrogens is 256 g/mol. The zero-order chi connectivity index (χ0) is 14.5. The van der Waals surface area contributed by atoms with Crippen molar-refractivity contribution in [3.63, 3.8) is 0 Å². The highest BCUT2D eigenvalue weighted by atomic mass is 16.5. The summed E-state index contributed by atoms with van der Waals surface area (Å²) < 4.78 is 5.23. The van der Waals surface area contributed by atoms with Crippen LogP contribution in [0.5, 0.6) is 0 Å². The van der Waals surface area contributed by atoms with Gasteiger partial charge in [0.25, 0.3) is 0 Å². The van der Waals surface area contributed by atoms with Gasteiger partial charge >= 0.3 is 5.97 Å². The highest BCUT2D eigenvalue weighted by molar-refractivity contribution is 5.82. The van der Waals surface area contributed by atoms with Crippen LogP contribution >= 0.6 is 0 Å². The molecule has 0 bridgehead atoms. The summed E-state index contributed by atoms with van der Waals surface area (Å²) in [6.07, 6.45) is 9.87. The largest absolute Gasteiger partial charge is 0.460 e. The van der Waals surface area contributed by atoms with Gasteiger partial charge in [0.1, 0.15) is 0 Å². The smallest absolute Gasteiger partial charge is 0.330 e. The Morgan fingerprint density at radius 3 is 2.85 bits per heavy atom. The van der Waals surface area contributed by atoms with Crippen molar-refractivity contribution in [1.29, 1.82) is 0 Å². The summed E-state index contributed by atoms with van der Waals surface area (Å²) >= 11 is 0. The zero-order valence-corrected chi connectivity index (χ0v) is 11.9. The fourth-order valence-corrected chi connectivity index (χ4v) is 3.10. The Kier molecular flexibility index (Phi) is 5.38. The number of carbonyl (C=O) groups is 1. The number of esters is 1. The second kappa shape index (κ2) is 7.04. The van der Waals surface area contributed by atoms with E-state index >= 15 is 0 Å². The van der Waals surface area contributed by atoms with Crippen molar-refractivity contribution in [2.45, 2.75) is 57.3 Å². The fraction of sp³-hybridized carbons (Fsp3) is 0.688. The highest BCUT2D eigenvalue weighted by Gasteiger charge is 2.35. The number of rotatable bonds is 0. The SMILES string of the molecule is C[C@@H]1CCC/C=C/[C@H]2C[C@@H](O)C[C@@H]2C(O)/C=C\C(=O)O1. The lowest BCUT2D eigenvalue weighted by Crippen LogP contribution is -2.21. The molecule has 1 fully saturated rings. The number of cyclic esters (lactones) is 1. The van der Waals surface area contributed by atoms with Crippen LogP contribution in [0.25, 0.3) is 0 Å². The van der Waals surface area contributed by atoms with Crippen LogP contribution in [0, 0.1) is 11.8 Å². The normalized spacial score (nSPS) is 42.5. The summed E-state index contributed by atoms with van der Waals surface area (Å²) in [7, 11) is 0. The molecule has 20 heavy (non-hydrogen) atoms. The number of aliphatic hydroxyl groups is 2. The average Bonchev–Trinajstić information content (AvgIpc) is 2.76. The van der Waals surface area contributed by atoms with Gasteiger partial charge in [-0.1, -0.05) is 12.2 Å². The van der Waals surface area contributed by atoms with Crippen molar-refractivity contribution < 1.29 is 19.7 Å². The standard InChI is InChI=1S/C16H24O4/c1-11-5-3-2-4-6-12-9-13(17)10-14(12)15(18)7-8-16(19)20-11/h4,6-8,11-15,17-18H,2-3,5,9-10H2,1H3/b6-4+,8-7-/t11-,12+,13-,14+,15?/m1/s1. The van der Waals surface area contributed by atoms with Crippen LogP contribution in [0.2, 0.25) is 0 Å². The third-order valence-electron chi connectivity index (χ3n) is 4.19. The van der Waals surface area contributed by atoms with Gasteiger partial charge in [0.15, 0.2) is 0 Å². The first-order chi connectivity index (χ1) is 9.56. The van der Waals surface area contributed by atoms with Crippen LogP contribution in [0.15, 0.2) is 24.3 Å². The second-order valence-electron chi connectivity index (χ2n) is 5.91. The summed E-state index contributed by atoms with van der Waals surface area (Å²) in [6.45, 7) is 1.89. The molecule has 2 N–H and O–H groups in total. The summed E-state index contributed by atoms with van der Waals surface area (Å²) in [5.41, 5.74) is 0. The number of ether oxygens (including phenoxy) is 1. The summed E-state index contributed by atoms with van der Waals surface area (Å²) in [4.78, 5) is 11.6. The van der Waals surface area contributed by atoms with Crippen LogP contribution in [0.3, 0.4) is 0 Å². The van der Waals surface area contributed by atoms with E-state index in [-0.39, 0.29) is 24.0 Å². The van der Waals surface area contributed by atoms with Crippen LogP contribution in [0.4, 0.5) is 0 Å². The van der Waals surface area contributed by atoms with Gasteiger partial charge < -0.3 is 14.9 Å². The van der Waals surface area contributed by atoms with E-state index in [1.54, 1.807) is 0 Å². The first kappa shape index (κ1) is 15.3. The van der Waals surface area contributed by atoms with Gasteiger partial charge in [-0.05, 0) is 56.9 Å². The molecule has 1 heterocycles. The highest BCUT2D eigenvalue weighted by Crippen LogP contribution is 2.36.